The minimum atomic E-state index is -0.147. The molecule has 1 N–H and O–H groups in total. The Hall–Kier alpha value is -1.07. The topological polar surface area (TPSA) is 45.8 Å². The van der Waals surface area contributed by atoms with Crippen molar-refractivity contribution in [1.82, 2.24) is 9.97 Å². The van der Waals surface area contributed by atoms with E-state index in [1.807, 2.05) is 6.07 Å². The normalized spacial score (nSPS) is 10.5. The van der Waals surface area contributed by atoms with Crippen LogP contribution in [-0.2, 0) is 5.75 Å². The molecular weight excluding hydrogens is 300 g/mol. The molecule has 5 heteroatoms. The smallest absolute Gasteiger partial charge is 0.266 e. The van der Waals surface area contributed by atoms with Gasteiger partial charge >= 0.3 is 0 Å². The van der Waals surface area contributed by atoms with Crippen LogP contribution < -0.4 is 5.56 Å². The molecule has 1 aromatic heterocycles. The van der Waals surface area contributed by atoms with Crippen molar-refractivity contribution in [2.75, 3.05) is 0 Å². The lowest BCUT2D eigenvalue weighted by Crippen LogP contribution is -2.07. The molecule has 3 nitrogen and oxygen atoms in total. The van der Waals surface area contributed by atoms with Crippen molar-refractivity contribution in [2.45, 2.75) is 17.7 Å². The summed E-state index contributed by atoms with van der Waals surface area (Å²) in [7, 11) is 0. The number of H-pyrrole nitrogens is 1. The van der Waals surface area contributed by atoms with E-state index in [4.69, 9.17) is 0 Å². The van der Waals surface area contributed by atoms with Gasteiger partial charge in [-0.05, 0) is 28.4 Å². The fourth-order valence-electron chi connectivity index (χ4n) is 1.42. The predicted molar refractivity (Wildman–Crippen MR) is 73.3 cm³/mol. The quantitative estimate of drug-likeness (QED) is 0.700. The van der Waals surface area contributed by atoms with Gasteiger partial charge in [0.25, 0.3) is 5.56 Å². The van der Waals surface area contributed by atoms with E-state index in [9.17, 15) is 4.79 Å². The van der Waals surface area contributed by atoms with Gasteiger partial charge in [-0.3, -0.25) is 4.79 Å². The molecule has 0 aliphatic rings. The molecule has 0 spiro atoms. The maximum absolute atomic E-state index is 11.3. The molecule has 1 heterocycles. The van der Waals surface area contributed by atoms with Crippen molar-refractivity contribution in [1.29, 1.82) is 0 Å². The minimum Gasteiger partial charge on any atom is -0.312 e. The van der Waals surface area contributed by atoms with Gasteiger partial charge in [-0.2, -0.15) is 0 Å². The standard InChI is InChI=1S/C12H11BrN2OS/c1-8-3-2-4-9(5-8)6-17-12-10(13)11(16)14-7-15-12/h2-5,7H,6H2,1H3,(H,14,15,16). The van der Waals surface area contributed by atoms with E-state index in [0.29, 0.717) is 4.47 Å². The first kappa shape index (κ1) is 12.4. The number of rotatable bonds is 3. The molecule has 2 rings (SSSR count). The van der Waals surface area contributed by atoms with Gasteiger partial charge in [0.05, 0.1) is 6.33 Å². The lowest BCUT2D eigenvalue weighted by atomic mass is 10.2. The lowest BCUT2D eigenvalue weighted by molar-refractivity contribution is 0.990. The molecule has 0 aliphatic heterocycles. The zero-order chi connectivity index (χ0) is 12.3. The molecule has 2 aromatic rings. The Balaban J connectivity index is 2.13. The molecule has 0 fully saturated rings. The minimum absolute atomic E-state index is 0.147. The molecule has 0 atom stereocenters. The van der Waals surface area contributed by atoms with Gasteiger partial charge in [-0.1, -0.05) is 29.8 Å². The van der Waals surface area contributed by atoms with E-state index in [0.717, 1.165) is 10.8 Å². The summed E-state index contributed by atoms with van der Waals surface area (Å²) in [6, 6.07) is 8.30. The number of aryl methyl sites for hydroxylation is 1. The first-order chi connectivity index (χ1) is 8.16. The maximum Gasteiger partial charge on any atom is 0.266 e. The Morgan fingerprint density at radius 1 is 1.47 bits per heavy atom. The SMILES string of the molecule is Cc1cccc(CSc2nc[nH]c(=O)c2Br)c1. The third kappa shape index (κ3) is 3.20. The molecule has 0 amide bonds. The van der Waals surface area contributed by atoms with E-state index in [-0.39, 0.29) is 5.56 Å². The number of benzene rings is 1. The number of nitrogens with zero attached hydrogens (tertiary/aromatic N) is 1. The summed E-state index contributed by atoms with van der Waals surface area (Å²) in [4.78, 5) is 18.0. The third-order valence-corrected chi connectivity index (χ3v) is 4.28. The van der Waals surface area contributed by atoms with Crippen LogP contribution in [0, 0.1) is 6.92 Å². The highest BCUT2D eigenvalue weighted by Gasteiger charge is 2.06. The van der Waals surface area contributed by atoms with Crippen LogP contribution in [0.3, 0.4) is 0 Å². The monoisotopic (exact) mass is 310 g/mol. The number of nitrogens with one attached hydrogen (secondary N) is 1. The Morgan fingerprint density at radius 3 is 3.06 bits per heavy atom. The van der Waals surface area contributed by atoms with Crippen LogP contribution in [0.4, 0.5) is 0 Å². The summed E-state index contributed by atoms with van der Waals surface area (Å²) >= 11 is 4.79. The van der Waals surface area contributed by atoms with Crippen molar-refractivity contribution < 1.29 is 0 Å². The van der Waals surface area contributed by atoms with E-state index in [1.165, 1.54) is 17.5 Å². The number of halogens is 1. The zero-order valence-electron chi connectivity index (χ0n) is 9.24. The van der Waals surface area contributed by atoms with Gasteiger partial charge in [0.1, 0.15) is 9.50 Å². The van der Waals surface area contributed by atoms with Crippen LogP contribution in [0.1, 0.15) is 11.1 Å². The summed E-state index contributed by atoms with van der Waals surface area (Å²) in [5.74, 6) is 0.802. The largest absolute Gasteiger partial charge is 0.312 e. The van der Waals surface area contributed by atoms with Crippen LogP contribution in [-0.4, -0.2) is 9.97 Å². The van der Waals surface area contributed by atoms with Crippen LogP contribution in [0.5, 0.6) is 0 Å². The zero-order valence-corrected chi connectivity index (χ0v) is 11.6. The average molecular weight is 311 g/mol. The van der Waals surface area contributed by atoms with Gasteiger partial charge in [-0.15, -0.1) is 11.8 Å². The molecule has 0 saturated carbocycles. The van der Waals surface area contributed by atoms with Gasteiger partial charge in [0, 0.05) is 5.75 Å². The van der Waals surface area contributed by atoms with Crippen molar-refractivity contribution in [3.05, 3.63) is 56.5 Å². The fraction of sp³-hybridized carbons (Fsp3) is 0.167. The highest BCUT2D eigenvalue weighted by atomic mass is 79.9. The van der Waals surface area contributed by atoms with E-state index >= 15 is 0 Å². The van der Waals surface area contributed by atoms with Crippen molar-refractivity contribution in [2.24, 2.45) is 0 Å². The van der Waals surface area contributed by atoms with E-state index in [1.54, 1.807) is 11.8 Å². The number of hydrogen-bond donors (Lipinski definition) is 1. The van der Waals surface area contributed by atoms with Gasteiger partial charge in [-0.25, -0.2) is 4.98 Å². The summed E-state index contributed by atoms with van der Waals surface area (Å²) in [6.45, 7) is 2.07. The van der Waals surface area contributed by atoms with Gasteiger partial charge in [0.15, 0.2) is 0 Å². The Bertz CT molecular complexity index is 583. The molecular formula is C12H11BrN2OS. The summed E-state index contributed by atoms with van der Waals surface area (Å²) in [5.41, 5.74) is 2.32. The van der Waals surface area contributed by atoms with Crippen molar-refractivity contribution >= 4 is 27.7 Å². The molecule has 17 heavy (non-hydrogen) atoms. The second kappa shape index (κ2) is 5.51. The molecule has 88 valence electrons. The summed E-state index contributed by atoms with van der Waals surface area (Å²) in [5, 5.41) is 0.718. The number of aromatic amines is 1. The fourth-order valence-corrected chi connectivity index (χ4v) is 2.81. The summed E-state index contributed by atoms with van der Waals surface area (Å²) < 4.78 is 0.498. The van der Waals surface area contributed by atoms with Crippen molar-refractivity contribution in [3.63, 3.8) is 0 Å². The second-order valence-corrected chi connectivity index (χ2v) is 5.39. The third-order valence-electron chi connectivity index (χ3n) is 2.22. The first-order valence-electron chi connectivity index (χ1n) is 5.08. The van der Waals surface area contributed by atoms with Crippen molar-refractivity contribution in [3.8, 4) is 0 Å². The maximum atomic E-state index is 11.3. The molecule has 1 aromatic carbocycles. The lowest BCUT2D eigenvalue weighted by Gasteiger charge is -2.03. The molecule has 0 saturated heterocycles. The summed E-state index contributed by atoms with van der Waals surface area (Å²) in [6.07, 6.45) is 1.42. The highest BCUT2D eigenvalue weighted by Crippen LogP contribution is 2.25. The molecule has 0 unspecified atom stereocenters. The second-order valence-electron chi connectivity index (χ2n) is 3.63. The van der Waals surface area contributed by atoms with Crippen LogP contribution in [0.25, 0.3) is 0 Å². The van der Waals surface area contributed by atoms with E-state index < -0.39 is 0 Å². The number of hydrogen-bond acceptors (Lipinski definition) is 3. The van der Waals surface area contributed by atoms with Gasteiger partial charge < -0.3 is 4.98 Å². The number of thioether (sulfide) groups is 1. The molecule has 0 bridgehead atoms. The van der Waals surface area contributed by atoms with E-state index in [2.05, 4.69) is 51.0 Å². The van der Waals surface area contributed by atoms with Crippen LogP contribution in [0.15, 0.2) is 44.9 Å². The molecule has 0 radical (unpaired) electrons. The average Bonchev–Trinajstić information content (AvgIpc) is 2.31. The van der Waals surface area contributed by atoms with Crippen LogP contribution in [0.2, 0.25) is 0 Å². The highest BCUT2D eigenvalue weighted by molar-refractivity contribution is 9.10. The number of aromatic nitrogens is 2. The Morgan fingerprint density at radius 2 is 2.29 bits per heavy atom. The molecule has 0 aliphatic carbocycles. The van der Waals surface area contributed by atoms with Crippen LogP contribution >= 0.6 is 27.7 Å². The first-order valence-corrected chi connectivity index (χ1v) is 6.86. The Labute approximate surface area is 112 Å². The Kier molecular flexibility index (Phi) is 4.02. The predicted octanol–water partition coefficient (Wildman–Crippen LogP) is 3.13. The van der Waals surface area contributed by atoms with Gasteiger partial charge in [0.2, 0.25) is 0 Å².